The van der Waals surface area contributed by atoms with E-state index in [9.17, 15) is 0 Å². The lowest BCUT2D eigenvalue weighted by atomic mass is 10.0. The van der Waals surface area contributed by atoms with Crippen LogP contribution in [0.5, 0.6) is 0 Å². The predicted octanol–water partition coefficient (Wildman–Crippen LogP) is 1.46. The van der Waals surface area contributed by atoms with Gasteiger partial charge >= 0.3 is 0 Å². The van der Waals surface area contributed by atoms with E-state index >= 15 is 0 Å². The molecule has 3 nitrogen and oxygen atoms in total. The minimum atomic E-state index is 0.621. The highest BCUT2D eigenvalue weighted by Gasteiger charge is 2.18. The maximum absolute atomic E-state index is 5.97. The molecule has 0 atom stereocenters. The summed E-state index contributed by atoms with van der Waals surface area (Å²) < 4.78 is 0. The molecule has 82 valence electrons. The lowest BCUT2D eigenvalue weighted by Gasteiger charge is -2.33. The van der Waals surface area contributed by atoms with Gasteiger partial charge in [0.05, 0.1) is 11.4 Å². The van der Waals surface area contributed by atoms with Crippen molar-refractivity contribution in [2.45, 2.75) is 18.9 Å². The highest BCUT2D eigenvalue weighted by molar-refractivity contribution is 5.67. The lowest BCUT2D eigenvalue weighted by Crippen LogP contribution is -2.41. The summed E-state index contributed by atoms with van der Waals surface area (Å²) >= 11 is 0. The molecule has 3 heteroatoms. The van der Waals surface area contributed by atoms with Gasteiger partial charge in [0, 0.05) is 13.1 Å². The number of nitrogens with one attached hydrogen (secondary N) is 1. The van der Waals surface area contributed by atoms with Crippen molar-refractivity contribution in [2.75, 3.05) is 30.8 Å². The summed E-state index contributed by atoms with van der Waals surface area (Å²) in [5.41, 5.74) is 8.00. The van der Waals surface area contributed by atoms with Crippen molar-refractivity contribution in [1.29, 1.82) is 0 Å². The molecule has 1 aromatic carbocycles. The van der Waals surface area contributed by atoms with Gasteiger partial charge in [-0.25, -0.2) is 0 Å². The van der Waals surface area contributed by atoms with Crippen LogP contribution < -0.4 is 16.0 Å². The molecule has 1 aliphatic rings. The summed E-state index contributed by atoms with van der Waals surface area (Å²) in [7, 11) is 2.14. The first kappa shape index (κ1) is 10.3. The van der Waals surface area contributed by atoms with E-state index in [2.05, 4.69) is 23.3 Å². The summed E-state index contributed by atoms with van der Waals surface area (Å²) in [6, 6.07) is 8.71. The summed E-state index contributed by atoms with van der Waals surface area (Å²) in [6.07, 6.45) is 2.40. The maximum atomic E-state index is 5.97. The number of benzene rings is 1. The van der Waals surface area contributed by atoms with Gasteiger partial charge in [-0.3, -0.25) is 0 Å². The van der Waals surface area contributed by atoms with E-state index in [1.54, 1.807) is 0 Å². The van der Waals surface area contributed by atoms with E-state index < -0.39 is 0 Å². The molecule has 3 N–H and O–H groups in total. The largest absolute Gasteiger partial charge is 0.397 e. The number of anilines is 2. The van der Waals surface area contributed by atoms with Crippen molar-refractivity contribution >= 4 is 11.4 Å². The monoisotopic (exact) mass is 205 g/mol. The van der Waals surface area contributed by atoms with Gasteiger partial charge in [-0.15, -0.1) is 0 Å². The lowest BCUT2D eigenvalue weighted by molar-refractivity contribution is 0.443. The van der Waals surface area contributed by atoms with Crippen LogP contribution in [-0.4, -0.2) is 26.2 Å². The van der Waals surface area contributed by atoms with Crippen LogP contribution >= 0.6 is 0 Å². The van der Waals surface area contributed by atoms with Crippen LogP contribution in [0.2, 0.25) is 0 Å². The van der Waals surface area contributed by atoms with E-state index in [1.165, 1.54) is 12.8 Å². The number of hydrogen-bond donors (Lipinski definition) is 2. The average Bonchev–Trinajstić information content (AvgIpc) is 2.30. The molecule has 0 unspecified atom stereocenters. The van der Waals surface area contributed by atoms with Crippen LogP contribution in [0, 0.1) is 0 Å². The fourth-order valence-corrected chi connectivity index (χ4v) is 2.20. The third kappa shape index (κ3) is 2.23. The number of nitrogen functional groups attached to an aromatic ring is 1. The molecule has 1 heterocycles. The first-order valence-corrected chi connectivity index (χ1v) is 5.57. The van der Waals surface area contributed by atoms with Gasteiger partial charge in [-0.2, -0.15) is 0 Å². The van der Waals surface area contributed by atoms with Crippen LogP contribution in [0.15, 0.2) is 24.3 Å². The van der Waals surface area contributed by atoms with Crippen LogP contribution in [0.3, 0.4) is 0 Å². The fourth-order valence-electron chi connectivity index (χ4n) is 2.20. The van der Waals surface area contributed by atoms with Gasteiger partial charge in [0.25, 0.3) is 0 Å². The van der Waals surface area contributed by atoms with E-state index in [4.69, 9.17) is 5.73 Å². The zero-order valence-corrected chi connectivity index (χ0v) is 9.24. The van der Waals surface area contributed by atoms with Gasteiger partial charge in [0.1, 0.15) is 0 Å². The normalized spacial score (nSPS) is 17.7. The third-order valence-electron chi connectivity index (χ3n) is 3.17. The first-order valence-electron chi connectivity index (χ1n) is 5.57. The van der Waals surface area contributed by atoms with Crippen molar-refractivity contribution in [3.63, 3.8) is 0 Å². The van der Waals surface area contributed by atoms with Crippen LogP contribution in [0.4, 0.5) is 11.4 Å². The number of rotatable bonds is 2. The molecule has 0 aromatic heterocycles. The fraction of sp³-hybridized carbons (Fsp3) is 0.500. The Bertz CT molecular complexity index is 318. The Morgan fingerprint density at radius 3 is 2.60 bits per heavy atom. The van der Waals surface area contributed by atoms with Crippen LogP contribution in [0.25, 0.3) is 0 Å². The van der Waals surface area contributed by atoms with Crippen LogP contribution in [0.1, 0.15) is 12.8 Å². The zero-order valence-electron chi connectivity index (χ0n) is 9.24. The molecule has 15 heavy (non-hydrogen) atoms. The Morgan fingerprint density at radius 2 is 1.93 bits per heavy atom. The number of para-hydroxylation sites is 2. The average molecular weight is 205 g/mol. The Kier molecular flexibility index (Phi) is 3.11. The van der Waals surface area contributed by atoms with Gasteiger partial charge in [-0.05, 0) is 38.1 Å². The molecular formula is C12H19N3. The quantitative estimate of drug-likeness (QED) is 0.718. The zero-order chi connectivity index (χ0) is 10.7. The van der Waals surface area contributed by atoms with E-state index in [0.29, 0.717) is 6.04 Å². The predicted molar refractivity (Wildman–Crippen MR) is 65.1 cm³/mol. The van der Waals surface area contributed by atoms with Crippen LogP contribution in [-0.2, 0) is 0 Å². The van der Waals surface area contributed by atoms with Gasteiger partial charge in [-0.1, -0.05) is 12.1 Å². The minimum Gasteiger partial charge on any atom is -0.397 e. The summed E-state index contributed by atoms with van der Waals surface area (Å²) in [4.78, 5) is 2.32. The molecule has 1 aromatic rings. The molecule has 0 bridgehead atoms. The Labute approximate surface area is 91.3 Å². The number of nitrogens with two attached hydrogens (primary N) is 1. The second-order valence-electron chi connectivity index (χ2n) is 4.15. The van der Waals surface area contributed by atoms with E-state index in [-0.39, 0.29) is 0 Å². The third-order valence-corrected chi connectivity index (χ3v) is 3.17. The number of hydrogen-bond acceptors (Lipinski definition) is 3. The van der Waals surface area contributed by atoms with Crippen molar-refractivity contribution in [1.82, 2.24) is 5.32 Å². The summed E-state index contributed by atoms with van der Waals surface area (Å²) in [5, 5.41) is 3.38. The smallest absolute Gasteiger partial charge is 0.0599 e. The Hall–Kier alpha value is -1.22. The van der Waals surface area contributed by atoms with Crippen molar-refractivity contribution < 1.29 is 0 Å². The minimum absolute atomic E-state index is 0.621. The standard InChI is InChI=1S/C12H19N3/c1-15(10-6-8-14-9-7-10)12-5-3-2-4-11(12)13/h2-5,10,14H,6-9,13H2,1H3. The molecule has 1 aliphatic heterocycles. The number of piperidine rings is 1. The SMILES string of the molecule is CN(c1ccccc1N)C1CCNCC1. The molecule has 1 saturated heterocycles. The summed E-state index contributed by atoms with van der Waals surface area (Å²) in [6.45, 7) is 2.23. The maximum Gasteiger partial charge on any atom is 0.0599 e. The second-order valence-corrected chi connectivity index (χ2v) is 4.15. The highest BCUT2D eigenvalue weighted by atomic mass is 15.2. The molecule has 0 radical (unpaired) electrons. The van der Waals surface area contributed by atoms with Gasteiger partial charge < -0.3 is 16.0 Å². The van der Waals surface area contributed by atoms with Crippen molar-refractivity contribution in [2.24, 2.45) is 0 Å². The molecular weight excluding hydrogens is 186 g/mol. The molecule has 0 amide bonds. The van der Waals surface area contributed by atoms with Crippen molar-refractivity contribution in [3.05, 3.63) is 24.3 Å². The molecule has 1 fully saturated rings. The topological polar surface area (TPSA) is 41.3 Å². The Morgan fingerprint density at radius 1 is 1.27 bits per heavy atom. The number of nitrogens with zero attached hydrogens (tertiary/aromatic N) is 1. The Balaban J connectivity index is 2.12. The highest BCUT2D eigenvalue weighted by Crippen LogP contribution is 2.25. The van der Waals surface area contributed by atoms with Gasteiger partial charge in [0.15, 0.2) is 0 Å². The molecule has 2 rings (SSSR count). The van der Waals surface area contributed by atoms with Crippen molar-refractivity contribution in [3.8, 4) is 0 Å². The van der Waals surface area contributed by atoms with E-state index in [0.717, 1.165) is 24.5 Å². The summed E-state index contributed by atoms with van der Waals surface area (Å²) in [5.74, 6) is 0. The second kappa shape index (κ2) is 4.53. The molecule has 0 spiro atoms. The molecule has 0 aliphatic carbocycles. The van der Waals surface area contributed by atoms with E-state index in [1.807, 2.05) is 18.2 Å². The first-order chi connectivity index (χ1) is 7.29. The van der Waals surface area contributed by atoms with Gasteiger partial charge in [0.2, 0.25) is 0 Å². The molecule has 0 saturated carbocycles.